The van der Waals surface area contributed by atoms with Gasteiger partial charge in [0.25, 0.3) is 5.91 Å². The monoisotopic (exact) mass is 360 g/mol. The molecule has 0 spiro atoms. The Balaban J connectivity index is 1.79. The fraction of sp³-hybridized carbons (Fsp3) is 0.136. The van der Waals surface area contributed by atoms with Gasteiger partial charge in [0.2, 0.25) is 0 Å². The Morgan fingerprint density at radius 1 is 1.00 bits per heavy atom. The van der Waals surface area contributed by atoms with Gasteiger partial charge in [-0.3, -0.25) is 9.78 Å². The molecule has 5 nitrogen and oxygen atoms in total. The first-order chi connectivity index (χ1) is 13.1. The molecule has 0 aliphatic heterocycles. The number of nitrogens with zero attached hydrogens (tertiary/aromatic N) is 1. The van der Waals surface area contributed by atoms with Gasteiger partial charge in [-0.05, 0) is 44.2 Å². The summed E-state index contributed by atoms with van der Waals surface area (Å²) in [6, 6.07) is 20.0. The summed E-state index contributed by atoms with van der Waals surface area (Å²) in [5.74, 6) is -0.695. The Kier molecular flexibility index (Phi) is 5.61. The zero-order chi connectivity index (χ0) is 19.2. The molecule has 1 aromatic heterocycles. The Hall–Kier alpha value is -3.47. The summed E-state index contributed by atoms with van der Waals surface area (Å²) in [5.41, 5.74) is 3.84. The number of hydrogen-bond donors (Lipinski definition) is 1. The zero-order valence-corrected chi connectivity index (χ0v) is 15.2. The molecule has 0 saturated carbocycles. The van der Waals surface area contributed by atoms with Gasteiger partial charge in [0.15, 0.2) is 0 Å². The van der Waals surface area contributed by atoms with E-state index < -0.39 is 5.97 Å². The summed E-state index contributed by atoms with van der Waals surface area (Å²) >= 11 is 0. The summed E-state index contributed by atoms with van der Waals surface area (Å²) < 4.78 is 4.99. The molecule has 2 aromatic carbocycles. The van der Waals surface area contributed by atoms with Crippen molar-refractivity contribution in [1.82, 2.24) is 4.98 Å². The quantitative estimate of drug-likeness (QED) is 0.681. The molecule has 0 aliphatic carbocycles. The van der Waals surface area contributed by atoms with Crippen LogP contribution in [0.15, 0.2) is 66.7 Å². The highest BCUT2D eigenvalue weighted by molar-refractivity contribution is 6.05. The topological polar surface area (TPSA) is 68.3 Å². The van der Waals surface area contributed by atoms with Gasteiger partial charge in [-0.25, -0.2) is 4.79 Å². The molecule has 0 radical (unpaired) electrons. The van der Waals surface area contributed by atoms with Gasteiger partial charge >= 0.3 is 5.97 Å². The molecule has 1 N–H and O–H groups in total. The first kappa shape index (κ1) is 18.3. The lowest BCUT2D eigenvalue weighted by molar-refractivity contribution is 0.0526. The summed E-state index contributed by atoms with van der Waals surface area (Å²) in [7, 11) is 0. The summed E-state index contributed by atoms with van der Waals surface area (Å²) in [5, 5.41) is 2.81. The van der Waals surface area contributed by atoms with E-state index in [-0.39, 0.29) is 5.91 Å². The SMILES string of the molecule is CCOC(=O)c1cccc(NC(=O)c2ccc(-c3ccccc3)nc2C)c1. The number of rotatable bonds is 5. The molecule has 0 aliphatic rings. The molecule has 136 valence electrons. The minimum absolute atomic E-state index is 0.277. The minimum Gasteiger partial charge on any atom is -0.462 e. The summed E-state index contributed by atoms with van der Waals surface area (Å²) in [4.78, 5) is 29.0. The Bertz CT molecular complexity index is 968. The number of carbonyl (C=O) groups excluding carboxylic acids is 2. The molecule has 0 atom stereocenters. The largest absolute Gasteiger partial charge is 0.462 e. The van der Waals surface area contributed by atoms with Crippen molar-refractivity contribution in [2.75, 3.05) is 11.9 Å². The maximum Gasteiger partial charge on any atom is 0.338 e. The molecule has 0 unspecified atom stereocenters. The van der Waals surface area contributed by atoms with Gasteiger partial charge in [-0.15, -0.1) is 0 Å². The molecule has 0 saturated heterocycles. The summed E-state index contributed by atoms with van der Waals surface area (Å²) in [6.45, 7) is 3.85. The number of carbonyl (C=O) groups is 2. The fourth-order valence-corrected chi connectivity index (χ4v) is 2.71. The normalized spacial score (nSPS) is 10.3. The highest BCUT2D eigenvalue weighted by Crippen LogP contribution is 2.20. The molecule has 1 amide bonds. The number of benzene rings is 2. The van der Waals surface area contributed by atoms with Crippen LogP contribution in [-0.4, -0.2) is 23.5 Å². The lowest BCUT2D eigenvalue weighted by atomic mass is 10.1. The van der Waals surface area contributed by atoms with Crippen molar-refractivity contribution < 1.29 is 14.3 Å². The van der Waals surface area contributed by atoms with Crippen LogP contribution >= 0.6 is 0 Å². The molecule has 3 aromatic rings. The number of aromatic nitrogens is 1. The third-order valence-corrected chi connectivity index (χ3v) is 4.03. The Morgan fingerprint density at radius 2 is 1.78 bits per heavy atom. The van der Waals surface area contributed by atoms with Crippen molar-refractivity contribution in [3.63, 3.8) is 0 Å². The second-order valence-electron chi connectivity index (χ2n) is 5.95. The molecular formula is C22H20N2O3. The van der Waals surface area contributed by atoms with Crippen LogP contribution in [0.3, 0.4) is 0 Å². The van der Waals surface area contributed by atoms with E-state index in [4.69, 9.17) is 4.74 Å². The van der Waals surface area contributed by atoms with Crippen molar-refractivity contribution in [2.24, 2.45) is 0 Å². The van der Waals surface area contributed by atoms with Crippen molar-refractivity contribution in [1.29, 1.82) is 0 Å². The van der Waals surface area contributed by atoms with Crippen molar-refractivity contribution in [3.05, 3.63) is 83.6 Å². The van der Waals surface area contributed by atoms with Gasteiger partial charge in [0.1, 0.15) is 0 Å². The van der Waals surface area contributed by atoms with Crippen molar-refractivity contribution in [3.8, 4) is 11.3 Å². The van der Waals surface area contributed by atoms with E-state index in [1.807, 2.05) is 36.4 Å². The highest BCUT2D eigenvalue weighted by Gasteiger charge is 2.13. The Labute approximate surface area is 158 Å². The third-order valence-electron chi connectivity index (χ3n) is 4.03. The maximum atomic E-state index is 12.6. The van der Waals surface area contributed by atoms with Crippen LogP contribution in [0.5, 0.6) is 0 Å². The van der Waals surface area contributed by atoms with Crippen LogP contribution in [0.2, 0.25) is 0 Å². The van der Waals surface area contributed by atoms with Crippen LogP contribution in [0.1, 0.15) is 33.3 Å². The number of aryl methyl sites for hydroxylation is 1. The second kappa shape index (κ2) is 8.27. The molecule has 27 heavy (non-hydrogen) atoms. The average molecular weight is 360 g/mol. The molecule has 5 heteroatoms. The van der Waals surface area contributed by atoms with Gasteiger partial charge < -0.3 is 10.1 Å². The number of amides is 1. The lowest BCUT2D eigenvalue weighted by Crippen LogP contribution is -2.15. The van der Waals surface area contributed by atoms with Crippen LogP contribution < -0.4 is 5.32 Å². The van der Waals surface area contributed by atoms with E-state index >= 15 is 0 Å². The maximum absolute atomic E-state index is 12.6. The van der Waals surface area contributed by atoms with Crippen LogP contribution in [0.4, 0.5) is 5.69 Å². The molecule has 1 heterocycles. The molecule has 0 bridgehead atoms. The number of anilines is 1. The number of hydrogen-bond acceptors (Lipinski definition) is 4. The first-order valence-corrected chi connectivity index (χ1v) is 8.70. The highest BCUT2D eigenvalue weighted by atomic mass is 16.5. The van der Waals surface area contributed by atoms with E-state index in [2.05, 4.69) is 10.3 Å². The standard InChI is InChI=1S/C22H20N2O3/c1-3-27-22(26)17-10-7-11-18(14-17)24-21(25)19-12-13-20(23-15(19)2)16-8-5-4-6-9-16/h4-14H,3H2,1-2H3,(H,24,25). The zero-order valence-electron chi connectivity index (χ0n) is 15.2. The van der Waals surface area contributed by atoms with Gasteiger partial charge in [-0.2, -0.15) is 0 Å². The first-order valence-electron chi connectivity index (χ1n) is 8.70. The predicted molar refractivity (Wildman–Crippen MR) is 105 cm³/mol. The van der Waals surface area contributed by atoms with Crippen LogP contribution in [0, 0.1) is 6.92 Å². The number of ether oxygens (including phenoxy) is 1. The minimum atomic E-state index is -0.418. The lowest BCUT2D eigenvalue weighted by Gasteiger charge is -2.10. The van der Waals surface area contributed by atoms with E-state index in [1.54, 1.807) is 44.2 Å². The summed E-state index contributed by atoms with van der Waals surface area (Å²) in [6.07, 6.45) is 0. The second-order valence-corrected chi connectivity index (χ2v) is 5.95. The van der Waals surface area contributed by atoms with Gasteiger partial charge in [0.05, 0.1) is 29.1 Å². The number of pyridine rings is 1. The molecule has 0 fully saturated rings. The number of esters is 1. The third kappa shape index (κ3) is 4.39. The number of nitrogens with one attached hydrogen (secondary N) is 1. The smallest absolute Gasteiger partial charge is 0.338 e. The Morgan fingerprint density at radius 3 is 2.48 bits per heavy atom. The van der Waals surface area contributed by atoms with Gasteiger partial charge in [0, 0.05) is 11.3 Å². The fourth-order valence-electron chi connectivity index (χ4n) is 2.71. The van der Waals surface area contributed by atoms with E-state index in [0.717, 1.165) is 11.3 Å². The van der Waals surface area contributed by atoms with E-state index in [1.165, 1.54) is 0 Å². The molecule has 3 rings (SSSR count). The van der Waals surface area contributed by atoms with E-state index in [9.17, 15) is 9.59 Å². The average Bonchev–Trinajstić information content (AvgIpc) is 2.69. The van der Waals surface area contributed by atoms with Gasteiger partial charge in [-0.1, -0.05) is 36.4 Å². The van der Waals surface area contributed by atoms with Crippen molar-refractivity contribution in [2.45, 2.75) is 13.8 Å². The van der Waals surface area contributed by atoms with E-state index in [0.29, 0.717) is 29.1 Å². The molecular weight excluding hydrogens is 340 g/mol. The predicted octanol–water partition coefficient (Wildman–Crippen LogP) is 4.49. The van der Waals surface area contributed by atoms with Crippen LogP contribution in [0.25, 0.3) is 11.3 Å². The van der Waals surface area contributed by atoms with Crippen LogP contribution in [-0.2, 0) is 4.74 Å². The van der Waals surface area contributed by atoms with Crippen molar-refractivity contribution >= 4 is 17.6 Å².